The first kappa shape index (κ1) is 12.5. The van der Waals surface area contributed by atoms with Gasteiger partial charge < -0.3 is 15.3 Å². The van der Waals surface area contributed by atoms with Crippen LogP contribution in [-0.4, -0.2) is 36.8 Å². The average Bonchev–Trinajstić information content (AvgIpc) is 2.51. The van der Waals surface area contributed by atoms with E-state index in [1.807, 2.05) is 24.3 Å². The molecule has 1 amide bonds. The summed E-state index contributed by atoms with van der Waals surface area (Å²) < 4.78 is 0.945. The fraction of sp³-hybridized carbons (Fsp3) is 0.417. The van der Waals surface area contributed by atoms with Crippen molar-refractivity contribution in [2.45, 2.75) is 12.5 Å². The molecule has 17 heavy (non-hydrogen) atoms. The lowest BCUT2D eigenvalue weighted by molar-refractivity contribution is -0.121. The topological polar surface area (TPSA) is 52.6 Å². The molecule has 0 aliphatic carbocycles. The van der Waals surface area contributed by atoms with E-state index in [1.165, 1.54) is 0 Å². The first-order chi connectivity index (χ1) is 8.22. The van der Waals surface area contributed by atoms with Crippen LogP contribution in [0.4, 0.5) is 5.69 Å². The summed E-state index contributed by atoms with van der Waals surface area (Å²) in [5, 5.41) is 12.2. The summed E-state index contributed by atoms with van der Waals surface area (Å²) in [4.78, 5) is 13.9. The molecule has 0 bridgehead atoms. The molecule has 1 atom stereocenters. The van der Waals surface area contributed by atoms with Crippen molar-refractivity contribution in [3.63, 3.8) is 0 Å². The van der Waals surface area contributed by atoms with E-state index >= 15 is 0 Å². The number of aliphatic hydroxyl groups excluding tert-OH is 1. The van der Waals surface area contributed by atoms with Crippen molar-refractivity contribution < 1.29 is 9.90 Å². The number of halogens is 1. The highest BCUT2D eigenvalue weighted by molar-refractivity contribution is 9.10. The van der Waals surface area contributed by atoms with Crippen LogP contribution in [0.2, 0.25) is 0 Å². The van der Waals surface area contributed by atoms with Gasteiger partial charge in [-0.25, -0.2) is 0 Å². The first-order valence-corrected chi connectivity index (χ1v) is 6.43. The van der Waals surface area contributed by atoms with Crippen molar-refractivity contribution in [3.05, 3.63) is 28.7 Å². The van der Waals surface area contributed by atoms with Crippen LogP contribution in [0.25, 0.3) is 0 Å². The number of hydrogen-bond acceptors (Lipinski definition) is 3. The van der Waals surface area contributed by atoms with Gasteiger partial charge in [-0.05, 0) is 31.2 Å². The number of aliphatic hydroxyl groups is 1. The van der Waals surface area contributed by atoms with E-state index in [0.29, 0.717) is 6.54 Å². The smallest absolute Gasteiger partial charge is 0.246 e. The van der Waals surface area contributed by atoms with Gasteiger partial charge in [0.2, 0.25) is 5.91 Å². The molecule has 1 aromatic carbocycles. The lowest BCUT2D eigenvalue weighted by Gasteiger charge is -2.23. The molecule has 5 heteroatoms. The summed E-state index contributed by atoms with van der Waals surface area (Å²) in [5.74, 6) is -0.0666. The summed E-state index contributed by atoms with van der Waals surface area (Å²) in [6.45, 7) is 1.27. The van der Waals surface area contributed by atoms with Crippen LogP contribution in [0.3, 0.4) is 0 Å². The van der Waals surface area contributed by atoms with Gasteiger partial charge in [0.15, 0.2) is 0 Å². The van der Waals surface area contributed by atoms with E-state index < -0.39 is 6.04 Å². The first-order valence-electron chi connectivity index (χ1n) is 5.63. The number of anilines is 1. The molecule has 1 saturated heterocycles. The maximum Gasteiger partial charge on any atom is 0.246 e. The third-order valence-electron chi connectivity index (χ3n) is 2.82. The van der Waals surface area contributed by atoms with Crippen LogP contribution >= 0.6 is 15.9 Å². The summed E-state index contributed by atoms with van der Waals surface area (Å²) in [6, 6.07) is 7.16. The van der Waals surface area contributed by atoms with Gasteiger partial charge in [0, 0.05) is 16.7 Å². The Bertz CT molecular complexity index is 411. The van der Waals surface area contributed by atoms with Crippen LogP contribution in [-0.2, 0) is 4.79 Å². The Morgan fingerprint density at radius 3 is 3.06 bits per heavy atom. The molecule has 2 N–H and O–H groups in total. The minimum absolute atomic E-state index is 0.0666. The number of carbonyl (C=O) groups excluding carboxylic acids is 1. The van der Waals surface area contributed by atoms with E-state index in [4.69, 9.17) is 0 Å². The van der Waals surface area contributed by atoms with E-state index in [0.717, 1.165) is 23.1 Å². The molecule has 4 nitrogen and oxygen atoms in total. The van der Waals surface area contributed by atoms with Crippen molar-refractivity contribution in [3.8, 4) is 0 Å². The van der Waals surface area contributed by atoms with E-state index in [9.17, 15) is 9.90 Å². The fourth-order valence-corrected chi connectivity index (χ4v) is 2.33. The number of hydrogen-bond donors (Lipinski definition) is 2. The Morgan fingerprint density at radius 2 is 2.35 bits per heavy atom. The van der Waals surface area contributed by atoms with Gasteiger partial charge in [-0.2, -0.15) is 0 Å². The molecule has 0 saturated carbocycles. The number of nitrogens with zero attached hydrogens (tertiary/aromatic N) is 1. The molecule has 0 radical (unpaired) electrons. The predicted octanol–water partition coefficient (Wildman–Crippen LogP) is 1.14. The predicted molar refractivity (Wildman–Crippen MR) is 70.0 cm³/mol. The monoisotopic (exact) mass is 298 g/mol. The molecule has 0 spiro atoms. The van der Waals surface area contributed by atoms with Gasteiger partial charge in [0.1, 0.15) is 6.04 Å². The highest BCUT2D eigenvalue weighted by Crippen LogP contribution is 2.21. The van der Waals surface area contributed by atoms with E-state index in [1.54, 1.807) is 4.90 Å². The molecule has 92 valence electrons. The number of carbonyl (C=O) groups is 1. The van der Waals surface area contributed by atoms with E-state index in [2.05, 4.69) is 21.2 Å². The number of benzene rings is 1. The average molecular weight is 299 g/mol. The van der Waals surface area contributed by atoms with Crippen molar-refractivity contribution in [1.82, 2.24) is 5.32 Å². The minimum Gasteiger partial charge on any atom is -0.394 e. The van der Waals surface area contributed by atoms with E-state index in [-0.39, 0.29) is 12.5 Å². The van der Waals surface area contributed by atoms with Crippen molar-refractivity contribution >= 4 is 27.5 Å². The standard InChI is InChI=1S/C12H15BrN2O2/c13-9-3-1-4-10(7-9)15-6-2-5-14-11(8-16)12(15)17/h1,3-4,7,11,14,16H,2,5-6,8H2. The van der Waals surface area contributed by atoms with Gasteiger partial charge in [0.25, 0.3) is 0 Å². The van der Waals surface area contributed by atoms with Gasteiger partial charge in [-0.3, -0.25) is 4.79 Å². The Labute approximate surface area is 109 Å². The summed E-state index contributed by atoms with van der Waals surface area (Å²) in [6.07, 6.45) is 0.884. The summed E-state index contributed by atoms with van der Waals surface area (Å²) in [5.41, 5.74) is 0.867. The van der Waals surface area contributed by atoms with Crippen LogP contribution in [0, 0.1) is 0 Å². The molecular weight excluding hydrogens is 284 g/mol. The number of amides is 1. The molecule has 1 fully saturated rings. The summed E-state index contributed by atoms with van der Waals surface area (Å²) >= 11 is 3.40. The Morgan fingerprint density at radius 1 is 1.53 bits per heavy atom. The van der Waals surface area contributed by atoms with Gasteiger partial charge in [0.05, 0.1) is 6.61 Å². The van der Waals surface area contributed by atoms with Crippen LogP contribution < -0.4 is 10.2 Å². The van der Waals surface area contributed by atoms with Gasteiger partial charge >= 0.3 is 0 Å². The Hall–Kier alpha value is -0.910. The highest BCUT2D eigenvalue weighted by atomic mass is 79.9. The Balaban J connectivity index is 2.26. The highest BCUT2D eigenvalue weighted by Gasteiger charge is 2.26. The number of nitrogens with one attached hydrogen (secondary N) is 1. The molecule has 1 aliphatic heterocycles. The molecule has 1 heterocycles. The third-order valence-corrected chi connectivity index (χ3v) is 3.31. The largest absolute Gasteiger partial charge is 0.394 e. The van der Waals surface area contributed by atoms with Crippen molar-refractivity contribution in [2.24, 2.45) is 0 Å². The molecule has 1 aromatic rings. The van der Waals surface area contributed by atoms with Crippen LogP contribution in [0.15, 0.2) is 28.7 Å². The third kappa shape index (κ3) is 2.86. The minimum atomic E-state index is -0.489. The SMILES string of the molecule is O=C1C(CO)NCCCN1c1cccc(Br)c1. The second-order valence-corrected chi connectivity index (χ2v) is 4.93. The maximum atomic E-state index is 12.2. The van der Waals surface area contributed by atoms with Crippen LogP contribution in [0.1, 0.15) is 6.42 Å². The molecule has 2 rings (SSSR count). The lowest BCUT2D eigenvalue weighted by atomic mass is 10.2. The maximum absolute atomic E-state index is 12.2. The zero-order chi connectivity index (χ0) is 12.3. The Kier molecular flexibility index (Phi) is 4.15. The fourth-order valence-electron chi connectivity index (χ4n) is 1.94. The second kappa shape index (κ2) is 5.62. The van der Waals surface area contributed by atoms with Crippen molar-refractivity contribution in [1.29, 1.82) is 0 Å². The normalized spacial score (nSPS) is 21.4. The van der Waals surface area contributed by atoms with Crippen molar-refractivity contribution in [2.75, 3.05) is 24.6 Å². The molecule has 1 unspecified atom stereocenters. The lowest BCUT2D eigenvalue weighted by Crippen LogP contribution is -2.45. The second-order valence-electron chi connectivity index (χ2n) is 4.01. The quantitative estimate of drug-likeness (QED) is 0.861. The molecular formula is C12H15BrN2O2. The zero-order valence-corrected chi connectivity index (χ0v) is 11.0. The molecule has 0 aromatic heterocycles. The summed E-state index contributed by atoms with van der Waals surface area (Å²) in [7, 11) is 0. The zero-order valence-electron chi connectivity index (χ0n) is 9.40. The van der Waals surface area contributed by atoms with Crippen LogP contribution in [0.5, 0.6) is 0 Å². The van der Waals surface area contributed by atoms with Gasteiger partial charge in [-0.15, -0.1) is 0 Å². The number of rotatable bonds is 2. The molecule has 1 aliphatic rings. The van der Waals surface area contributed by atoms with Gasteiger partial charge in [-0.1, -0.05) is 22.0 Å².